The van der Waals surface area contributed by atoms with E-state index in [4.69, 9.17) is 9.84 Å². The zero-order valence-electron chi connectivity index (χ0n) is 13.8. The molecule has 2 amide bonds. The molecule has 1 fully saturated rings. The molecular formula is C16H22N2O5S. The second-order valence-electron chi connectivity index (χ2n) is 5.89. The van der Waals surface area contributed by atoms with E-state index in [1.807, 2.05) is 19.9 Å². The number of aliphatic carboxylic acids is 1. The summed E-state index contributed by atoms with van der Waals surface area (Å²) in [5, 5.41) is 11.9. The van der Waals surface area contributed by atoms with Gasteiger partial charge in [-0.15, -0.1) is 11.3 Å². The maximum atomic E-state index is 12.7. The van der Waals surface area contributed by atoms with Gasteiger partial charge in [-0.3, -0.25) is 14.4 Å². The number of hydrogen-bond donors (Lipinski definition) is 2. The van der Waals surface area contributed by atoms with Crippen molar-refractivity contribution in [3.05, 3.63) is 16.5 Å². The molecule has 0 atom stereocenters. The molecule has 2 heterocycles. The Balaban J connectivity index is 2.17. The van der Waals surface area contributed by atoms with Crippen LogP contribution in [0.2, 0.25) is 0 Å². The van der Waals surface area contributed by atoms with Crippen LogP contribution in [0.15, 0.2) is 6.07 Å². The Hall–Kier alpha value is -1.93. The molecule has 1 aliphatic heterocycles. The second kappa shape index (κ2) is 8.25. The van der Waals surface area contributed by atoms with E-state index >= 15 is 0 Å². The number of carbonyl (C=O) groups is 3. The number of carboxylic acid groups (broad SMARTS) is 1. The summed E-state index contributed by atoms with van der Waals surface area (Å²) in [4.78, 5) is 38.0. The maximum Gasteiger partial charge on any atom is 0.303 e. The van der Waals surface area contributed by atoms with Crippen LogP contribution in [0.4, 0.5) is 5.00 Å². The lowest BCUT2D eigenvalue weighted by Crippen LogP contribution is -2.40. The van der Waals surface area contributed by atoms with Crippen LogP contribution in [0, 0.1) is 0 Å². The lowest BCUT2D eigenvalue weighted by Gasteiger charge is -2.26. The van der Waals surface area contributed by atoms with E-state index in [1.165, 1.54) is 11.3 Å². The van der Waals surface area contributed by atoms with Crippen molar-refractivity contribution in [3.8, 4) is 0 Å². The molecule has 0 bridgehead atoms. The van der Waals surface area contributed by atoms with Crippen molar-refractivity contribution in [2.24, 2.45) is 0 Å². The summed E-state index contributed by atoms with van der Waals surface area (Å²) in [6, 6.07) is 1.82. The third-order valence-corrected chi connectivity index (χ3v) is 5.02. The molecule has 0 aromatic carbocycles. The standard InChI is InChI=1S/C16H22N2O5S/c1-10(2)12-9-11(16(22)18-5-7-23-8-6-18)15(24-12)17-13(19)3-4-14(20)21/h9-10H,3-8H2,1-2H3,(H,17,19)(H,20,21). The summed E-state index contributed by atoms with van der Waals surface area (Å²) in [6.07, 6.45) is -0.351. The van der Waals surface area contributed by atoms with E-state index in [9.17, 15) is 14.4 Å². The minimum atomic E-state index is -1.02. The predicted octanol–water partition coefficient (Wildman–Crippen LogP) is 2.15. The third-order valence-electron chi connectivity index (χ3n) is 3.67. The van der Waals surface area contributed by atoms with E-state index in [1.54, 1.807) is 4.90 Å². The first-order valence-electron chi connectivity index (χ1n) is 7.91. The van der Waals surface area contributed by atoms with Gasteiger partial charge in [0, 0.05) is 24.4 Å². The number of anilines is 1. The Kier molecular flexibility index (Phi) is 6.33. The summed E-state index contributed by atoms with van der Waals surface area (Å²) in [5.41, 5.74) is 0.467. The van der Waals surface area contributed by atoms with Crippen molar-refractivity contribution in [1.29, 1.82) is 0 Å². The predicted molar refractivity (Wildman–Crippen MR) is 90.6 cm³/mol. The molecule has 0 unspecified atom stereocenters. The Morgan fingerprint density at radius 1 is 1.29 bits per heavy atom. The summed E-state index contributed by atoms with van der Waals surface area (Å²) in [5.74, 6) is -1.32. The number of ether oxygens (including phenoxy) is 1. The first-order chi connectivity index (χ1) is 11.4. The highest BCUT2D eigenvalue weighted by Gasteiger charge is 2.25. The molecule has 1 aromatic rings. The van der Waals surface area contributed by atoms with Crippen molar-refractivity contribution >= 4 is 34.1 Å². The molecule has 1 aliphatic rings. The number of carboxylic acids is 1. The van der Waals surface area contributed by atoms with Gasteiger partial charge in [0.05, 0.1) is 25.2 Å². The molecule has 8 heteroatoms. The Bertz CT molecular complexity index is 620. The van der Waals surface area contributed by atoms with Gasteiger partial charge < -0.3 is 20.1 Å². The van der Waals surface area contributed by atoms with Crippen molar-refractivity contribution < 1.29 is 24.2 Å². The zero-order valence-corrected chi connectivity index (χ0v) is 14.6. The number of carbonyl (C=O) groups excluding carboxylic acids is 2. The molecule has 7 nitrogen and oxygen atoms in total. The minimum Gasteiger partial charge on any atom is -0.481 e. The van der Waals surface area contributed by atoms with Gasteiger partial charge in [-0.1, -0.05) is 13.8 Å². The first kappa shape index (κ1) is 18.4. The van der Waals surface area contributed by atoms with Gasteiger partial charge in [0.2, 0.25) is 5.91 Å². The summed E-state index contributed by atoms with van der Waals surface area (Å²) in [6.45, 7) is 6.10. The molecule has 0 radical (unpaired) electrons. The fraction of sp³-hybridized carbons (Fsp3) is 0.562. The van der Waals surface area contributed by atoms with Crippen molar-refractivity contribution in [3.63, 3.8) is 0 Å². The van der Waals surface area contributed by atoms with E-state index < -0.39 is 11.9 Å². The molecule has 0 aliphatic carbocycles. The van der Waals surface area contributed by atoms with E-state index in [2.05, 4.69) is 5.32 Å². The Morgan fingerprint density at radius 2 is 1.96 bits per heavy atom. The summed E-state index contributed by atoms with van der Waals surface area (Å²) in [7, 11) is 0. The number of morpholine rings is 1. The van der Waals surface area contributed by atoms with Gasteiger partial charge in [-0.25, -0.2) is 0 Å². The van der Waals surface area contributed by atoms with Gasteiger partial charge in [-0.05, 0) is 12.0 Å². The van der Waals surface area contributed by atoms with Crippen LogP contribution in [0.25, 0.3) is 0 Å². The monoisotopic (exact) mass is 354 g/mol. The van der Waals surface area contributed by atoms with Crippen molar-refractivity contribution in [1.82, 2.24) is 4.90 Å². The van der Waals surface area contributed by atoms with Crippen LogP contribution in [0.1, 0.15) is 47.8 Å². The molecule has 2 rings (SSSR count). The van der Waals surface area contributed by atoms with Crippen LogP contribution < -0.4 is 5.32 Å². The van der Waals surface area contributed by atoms with Gasteiger partial charge >= 0.3 is 5.97 Å². The fourth-order valence-corrected chi connectivity index (χ4v) is 3.36. The highest BCUT2D eigenvalue weighted by atomic mass is 32.1. The quantitative estimate of drug-likeness (QED) is 0.816. The SMILES string of the molecule is CC(C)c1cc(C(=O)N2CCOCC2)c(NC(=O)CCC(=O)O)s1. The normalized spacial score (nSPS) is 14.7. The first-order valence-corrected chi connectivity index (χ1v) is 8.72. The van der Waals surface area contributed by atoms with Crippen LogP contribution in [0.3, 0.4) is 0 Å². The van der Waals surface area contributed by atoms with Crippen LogP contribution >= 0.6 is 11.3 Å². The van der Waals surface area contributed by atoms with Gasteiger partial charge in [0.25, 0.3) is 5.91 Å². The molecule has 2 N–H and O–H groups in total. The molecule has 0 spiro atoms. The van der Waals surface area contributed by atoms with Crippen molar-refractivity contribution in [2.45, 2.75) is 32.6 Å². The van der Waals surface area contributed by atoms with E-state index in [-0.39, 0.29) is 24.7 Å². The highest BCUT2D eigenvalue weighted by Crippen LogP contribution is 2.34. The van der Waals surface area contributed by atoms with Crippen LogP contribution in [-0.2, 0) is 14.3 Å². The fourth-order valence-electron chi connectivity index (χ4n) is 2.29. The van der Waals surface area contributed by atoms with E-state index in [0.29, 0.717) is 36.9 Å². The number of thiophene rings is 1. The topological polar surface area (TPSA) is 95.9 Å². The lowest BCUT2D eigenvalue weighted by molar-refractivity contribution is -0.138. The highest BCUT2D eigenvalue weighted by molar-refractivity contribution is 7.16. The summed E-state index contributed by atoms with van der Waals surface area (Å²) >= 11 is 1.36. The number of rotatable bonds is 6. The average Bonchev–Trinajstić information content (AvgIpc) is 2.97. The molecule has 1 saturated heterocycles. The molecule has 24 heavy (non-hydrogen) atoms. The molecule has 0 saturated carbocycles. The zero-order chi connectivity index (χ0) is 17.7. The Labute approximate surface area is 144 Å². The van der Waals surface area contributed by atoms with Gasteiger partial charge in [0.15, 0.2) is 0 Å². The second-order valence-corrected chi connectivity index (χ2v) is 6.98. The molecular weight excluding hydrogens is 332 g/mol. The van der Waals surface area contributed by atoms with Gasteiger partial charge in [-0.2, -0.15) is 0 Å². The number of nitrogens with one attached hydrogen (secondary N) is 1. The third kappa shape index (κ3) is 4.78. The average molecular weight is 354 g/mol. The van der Waals surface area contributed by atoms with Crippen LogP contribution in [-0.4, -0.2) is 54.1 Å². The van der Waals surface area contributed by atoms with Gasteiger partial charge in [0.1, 0.15) is 5.00 Å². The number of nitrogens with zero attached hydrogens (tertiary/aromatic N) is 1. The lowest BCUT2D eigenvalue weighted by atomic mass is 10.1. The largest absolute Gasteiger partial charge is 0.481 e. The number of amides is 2. The Morgan fingerprint density at radius 3 is 2.54 bits per heavy atom. The van der Waals surface area contributed by atoms with Crippen molar-refractivity contribution in [2.75, 3.05) is 31.6 Å². The summed E-state index contributed by atoms with van der Waals surface area (Å²) < 4.78 is 5.26. The smallest absolute Gasteiger partial charge is 0.303 e. The van der Waals surface area contributed by atoms with E-state index in [0.717, 1.165) is 4.88 Å². The minimum absolute atomic E-state index is 0.116. The molecule has 1 aromatic heterocycles. The molecule has 132 valence electrons. The maximum absolute atomic E-state index is 12.7. The van der Waals surface area contributed by atoms with Crippen LogP contribution in [0.5, 0.6) is 0 Å². The number of hydrogen-bond acceptors (Lipinski definition) is 5.